The Balaban J connectivity index is 2.27. The van der Waals surface area contributed by atoms with Gasteiger partial charge in [0.25, 0.3) is 0 Å². The molecule has 0 aliphatic heterocycles. The predicted octanol–water partition coefficient (Wildman–Crippen LogP) is 4.37. The highest BCUT2D eigenvalue weighted by Crippen LogP contribution is 2.47. The highest BCUT2D eigenvalue weighted by atomic mass is 16.5. The molecule has 1 aromatic carbocycles. The standard InChI is InChI=1S/C18H29NO/c1-5-20-18(12-10-17(3,4)11-13-18)16(19)15-9-7-6-8-14(15)2/h6-9,16H,5,10-13,19H2,1-4H3. The number of hydrogen-bond donors (Lipinski definition) is 1. The summed E-state index contributed by atoms with van der Waals surface area (Å²) in [6.45, 7) is 9.65. The average Bonchev–Trinajstić information content (AvgIpc) is 2.42. The Labute approximate surface area is 123 Å². The fourth-order valence-corrected chi connectivity index (χ4v) is 3.40. The number of benzene rings is 1. The third-order valence-corrected chi connectivity index (χ3v) is 4.97. The number of ether oxygens (including phenoxy) is 1. The molecule has 1 aliphatic rings. The summed E-state index contributed by atoms with van der Waals surface area (Å²) in [6.07, 6.45) is 4.49. The van der Waals surface area contributed by atoms with E-state index in [1.165, 1.54) is 24.0 Å². The largest absolute Gasteiger partial charge is 0.373 e. The molecule has 0 saturated heterocycles. The molecular formula is C18H29NO. The molecule has 112 valence electrons. The zero-order chi connectivity index (χ0) is 14.8. The van der Waals surface area contributed by atoms with Crippen molar-refractivity contribution in [1.29, 1.82) is 0 Å². The lowest BCUT2D eigenvalue weighted by Crippen LogP contribution is -2.48. The first-order valence-electron chi connectivity index (χ1n) is 7.85. The molecule has 20 heavy (non-hydrogen) atoms. The van der Waals surface area contributed by atoms with Gasteiger partial charge in [-0.1, -0.05) is 38.1 Å². The summed E-state index contributed by atoms with van der Waals surface area (Å²) in [4.78, 5) is 0. The molecule has 1 saturated carbocycles. The molecule has 2 heteroatoms. The Morgan fingerprint density at radius 3 is 2.30 bits per heavy atom. The maximum absolute atomic E-state index is 6.66. The molecule has 2 rings (SSSR count). The van der Waals surface area contributed by atoms with Gasteiger partial charge in [-0.05, 0) is 56.1 Å². The van der Waals surface area contributed by atoms with E-state index in [9.17, 15) is 0 Å². The zero-order valence-corrected chi connectivity index (χ0v) is 13.4. The Morgan fingerprint density at radius 2 is 1.75 bits per heavy atom. The normalized spacial score (nSPS) is 22.4. The first-order chi connectivity index (χ1) is 9.40. The Morgan fingerprint density at radius 1 is 1.15 bits per heavy atom. The minimum atomic E-state index is -0.184. The van der Waals surface area contributed by atoms with Gasteiger partial charge in [-0.2, -0.15) is 0 Å². The highest BCUT2D eigenvalue weighted by molar-refractivity contribution is 5.31. The van der Waals surface area contributed by atoms with Crippen molar-refractivity contribution in [1.82, 2.24) is 0 Å². The molecule has 0 aromatic heterocycles. The van der Waals surface area contributed by atoms with Gasteiger partial charge in [0.2, 0.25) is 0 Å². The second-order valence-corrected chi connectivity index (χ2v) is 7.00. The zero-order valence-electron chi connectivity index (χ0n) is 13.4. The van der Waals surface area contributed by atoms with Crippen LogP contribution in [-0.2, 0) is 4.74 Å². The Bertz CT molecular complexity index is 442. The average molecular weight is 275 g/mol. The van der Waals surface area contributed by atoms with Crippen LogP contribution in [0.15, 0.2) is 24.3 Å². The van der Waals surface area contributed by atoms with Crippen molar-refractivity contribution in [3.05, 3.63) is 35.4 Å². The molecule has 2 nitrogen and oxygen atoms in total. The molecule has 2 N–H and O–H groups in total. The monoisotopic (exact) mass is 275 g/mol. The molecule has 0 heterocycles. The van der Waals surface area contributed by atoms with Crippen LogP contribution in [0.2, 0.25) is 0 Å². The van der Waals surface area contributed by atoms with Gasteiger partial charge >= 0.3 is 0 Å². The molecule has 1 aliphatic carbocycles. The van der Waals surface area contributed by atoms with E-state index in [4.69, 9.17) is 10.5 Å². The van der Waals surface area contributed by atoms with Gasteiger partial charge in [-0.15, -0.1) is 0 Å². The minimum Gasteiger partial charge on any atom is -0.373 e. The topological polar surface area (TPSA) is 35.2 Å². The van der Waals surface area contributed by atoms with E-state index in [1.54, 1.807) is 0 Å². The predicted molar refractivity (Wildman–Crippen MR) is 84.7 cm³/mol. The van der Waals surface area contributed by atoms with E-state index in [2.05, 4.69) is 52.0 Å². The van der Waals surface area contributed by atoms with Crippen LogP contribution in [0.5, 0.6) is 0 Å². The fourth-order valence-electron chi connectivity index (χ4n) is 3.40. The van der Waals surface area contributed by atoms with Crippen LogP contribution in [0.1, 0.15) is 63.6 Å². The first-order valence-corrected chi connectivity index (χ1v) is 7.85. The van der Waals surface area contributed by atoms with Gasteiger partial charge in [0.05, 0.1) is 11.6 Å². The van der Waals surface area contributed by atoms with E-state index in [0.29, 0.717) is 5.41 Å². The van der Waals surface area contributed by atoms with Gasteiger partial charge in [0.1, 0.15) is 0 Å². The van der Waals surface area contributed by atoms with Crippen molar-refractivity contribution in [3.63, 3.8) is 0 Å². The van der Waals surface area contributed by atoms with Crippen LogP contribution in [-0.4, -0.2) is 12.2 Å². The van der Waals surface area contributed by atoms with Crippen LogP contribution in [0, 0.1) is 12.3 Å². The minimum absolute atomic E-state index is 0.0280. The van der Waals surface area contributed by atoms with Crippen LogP contribution < -0.4 is 5.73 Å². The van der Waals surface area contributed by atoms with E-state index in [0.717, 1.165) is 19.4 Å². The van der Waals surface area contributed by atoms with Crippen molar-refractivity contribution in [2.45, 2.75) is 65.0 Å². The Hall–Kier alpha value is -0.860. The lowest BCUT2D eigenvalue weighted by atomic mass is 9.67. The molecule has 1 fully saturated rings. The second-order valence-electron chi connectivity index (χ2n) is 7.00. The molecule has 0 bridgehead atoms. The molecule has 0 spiro atoms. The summed E-state index contributed by atoms with van der Waals surface area (Å²) in [5, 5.41) is 0. The van der Waals surface area contributed by atoms with Gasteiger partial charge in [0, 0.05) is 6.61 Å². The first kappa shape index (κ1) is 15.5. The summed E-state index contributed by atoms with van der Waals surface area (Å²) in [5.41, 5.74) is 9.40. The molecule has 1 unspecified atom stereocenters. The molecule has 0 amide bonds. The molecule has 1 atom stereocenters. The van der Waals surface area contributed by atoms with Gasteiger partial charge in [-0.3, -0.25) is 0 Å². The summed E-state index contributed by atoms with van der Waals surface area (Å²) < 4.78 is 6.21. The van der Waals surface area contributed by atoms with Crippen LogP contribution >= 0.6 is 0 Å². The summed E-state index contributed by atoms with van der Waals surface area (Å²) >= 11 is 0. The smallest absolute Gasteiger partial charge is 0.0874 e. The number of nitrogens with two attached hydrogens (primary N) is 1. The van der Waals surface area contributed by atoms with Crippen LogP contribution in [0.3, 0.4) is 0 Å². The molecular weight excluding hydrogens is 246 g/mol. The number of rotatable bonds is 4. The second kappa shape index (κ2) is 5.87. The Kier molecular flexibility index (Phi) is 4.55. The summed E-state index contributed by atoms with van der Waals surface area (Å²) in [5.74, 6) is 0. The van der Waals surface area contributed by atoms with Gasteiger partial charge in [-0.25, -0.2) is 0 Å². The van der Waals surface area contributed by atoms with Crippen molar-refractivity contribution < 1.29 is 4.74 Å². The van der Waals surface area contributed by atoms with Gasteiger partial charge in [0.15, 0.2) is 0 Å². The maximum atomic E-state index is 6.66. The number of hydrogen-bond acceptors (Lipinski definition) is 2. The van der Waals surface area contributed by atoms with E-state index in [1.807, 2.05) is 0 Å². The van der Waals surface area contributed by atoms with Crippen molar-refractivity contribution in [3.8, 4) is 0 Å². The van der Waals surface area contributed by atoms with Crippen molar-refractivity contribution in [2.24, 2.45) is 11.1 Å². The SMILES string of the molecule is CCOC1(C(N)c2ccccc2C)CCC(C)(C)CC1. The lowest BCUT2D eigenvalue weighted by molar-refractivity contribution is -0.100. The quantitative estimate of drug-likeness (QED) is 0.885. The van der Waals surface area contributed by atoms with Gasteiger partial charge < -0.3 is 10.5 Å². The number of aryl methyl sites for hydroxylation is 1. The van der Waals surface area contributed by atoms with Crippen LogP contribution in [0.4, 0.5) is 0 Å². The van der Waals surface area contributed by atoms with E-state index >= 15 is 0 Å². The third kappa shape index (κ3) is 3.07. The summed E-state index contributed by atoms with van der Waals surface area (Å²) in [6, 6.07) is 8.42. The maximum Gasteiger partial charge on any atom is 0.0874 e. The van der Waals surface area contributed by atoms with E-state index < -0.39 is 0 Å². The highest BCUT2D eigenvalue weighted by Gasteiger charge is 2.44. The van der Waals surface area contributed by atoms with E-state index in [-0.39, 0.29) is 11.6 Å². The summed E-state index contributed by atoms with van der Waals surface area (Å²) in [7, 11) is 0. The lowest BCUT2D eigenvalue weighted by Gasteiger charge is -2.46. The van der Waals surface area contributed by atoms with Crippen molar-refractivity contribution >= 4 is 0 Å². The molecule has 1 aromatic rings. The third-order valence-electron chi connectivity index (χ3n) is 4.97. The van der Waals surface area contributed by atoms with Crippen LogP contribution in [0.25, 0.3) is 0 Å². The van der Waals surface area contributed by atoms with Crippen molar-refractivity contribution in [2.75, 3.05) is 6.61 Å². The molecule has 0 radical (unpaired) electrons. The fraction of sp³-hybridized carbons (Fsp3) is 0.667.